The van der Waals surface area contributed by atoms with Crippen LogP contribution in [0.15, 0.2) is 0 Å². The highest BCUT2D eigenvalue weighted by Crippen LogP contribution is 2.05. The number of carbonyl (C=O) groups excluding carboxylic acids is 2. The van der Waals surface area contributed by atoms with Crippen molar-refractivity contribution in [1.82, 2.24) is 10.6 Å². The van der Waals surface area contributed by atoms with E-state index in [1.54, 1.807) is 27.7 Å². The van der Waals surface area contributed by atoms with Gasteiger partial charge in [0.25, 0.3) is 0 Å². The fourth-order valence-electron chi connectivity index (χ4n) is 0.841. The van der Waals surface area contributed by atoms with E-state index in [9.17, 15) is 9.59 Å². The first kappa shape index (κ1) is 14.9. The number of Topliss-reactive ketones (excluding diaryl/α,β-unsaturated/α-hetero) is 1. The second-order valence-electron chi connectivity index (χ2n) is 4.41. The molecule has 94 valence electrons. The molecule has 0 aliphatic heterocycles. The van der Waals surface area contributed by atoms with Crippen molar-refractivity contribution in [3.05, 3.63) is 0 Å². The van der Waals surface area contributed by atoms with Crippen molar-refractivity contribution in [1.29, 1.82) is 0 Å². The molecule has 1 atom stereocenters. The summed E-state index contributed by atoms with van der Waals surface area (Å²) in [6.45, 7) is 6.49. The summed E-state index contributed by atoms with van der Waals surface area (Å²) < 4.78 is 4.98. The first-order valence-electron chi connectivity index (χ1n) is 5.10. The van der Waals surface area contributed by atoms with E-state index in [-0.39, 0.29) is 12.5 Å². The lowest BCUT2D eigenvalue weighted by Gasteiger charge is -2.20. The molecule has 1 amide bonds. The molecular formula is C10H20N2O4. The van der Waals surface area contributed by atoms with Gasteiger partial charge in [0.15, 0.2) is 5.78 Å². The number of rotatable bonds is 5. The predicted molar refractivity (Wildman–Crippen MR) is 58.9 cm³/mol. The van der Waals surface area contributed by atoms with Gasteiger partial charge >= 0.3 is 6.09 Å². The van der Waals surface area contributed by atoms with Crippen molar-refractivity contribution in [2.45, 2.75) is 39.3 Å². The summed E-state index contributed by atoms with van der Waals surface area (Å²) in [4.78, 5) is 22.1. The van der Waals surface area contributed by atoms with E-state index in [1.165, 1.54) is 0 Å². The van der Waals surface area contributed by atoms with Gasteiger partial charge in [-0.2, -0.15) is 0 Å². The molecule has 0 spiro atoms. The zero-order chi connectivity index (χ0) is 12.8. The molecule has 0 fully saturated rings. The van der Waals surface area contributed by atoms with Gasteiger partial charge in [0.2, 0.25) is 0 Å². The average Bonchev–Trinajstić information content (AvgIpc) is 2.13. The van der Waals surface area contributed by atoms with Gasteiger partial charge in [-0.15, -0.1) is 0 Å². The van der Waals surface area contributed by atoms with Gasteiger partial charge in [-0.3, -0.25) is 10.1 Å². The molecule has 0 saturated carbocycles. The summed E-state index contributed by atoms with van der Waals surface area (Å²) in [6.07, 6.45) is -0.552. The normalized spacial score (nSPS) is 13.1. The summed E-state index contributed by atoms with van der Waals surface area (Å²) >= 11 is 0. The van der Waals surface area contributed by atoms with Crippen LogP contribution in [0.5, 0.6) is 0 Å². The maximum atomic E-state index is 11.2. The first-order valence-corrected chi connectivity index (χ1v) is 5.10. The zero-order valence-electron chi connectivity index (χ0n) is 10.2. The van der Waals surface area contributed by atoms with Crippen LogP contribution in [-0.4, -0.2) is 41.9 Å². The summed E-state index contributed by atoms with van der Waals surface area (Å²) in [5.41, 5.74) is -0.545. The molecule has 0 aromatic carbocycles. The molecule has 0 aromatic heterocycles. The molecule has 0 rings (SSSR count). The predicted octanol–water partition coefficient (Wildman–Crippen LogP) is 0.00810. The molecule has 0 aliphatic carbocycles. The second-order valence-corrected chi connectivity index (χ2v) is 4.41. The third kappa shape index (κ3) is 7.19. The van der Waals surface area contributed by atoms with Crippen LogP contribution in [0, 0.1) is 0 Å². The summed E-state index contributed by atoms with van der Waals surface area (Å²) in [6, 6.07) is -0.500. The van der Waals surface area contributed by atoms with Crippen LogP contribution in [0.4, 0.5) is 4.79 Å². The van der Waals surface area contributed by atoms with Gasteiger partial charge in [0, 0.05) is 0 Å². The van der Waals surface area contributed by atoms with Crippen LogP contribution in [0.25, 0.3) is 0 Å². The first-order chi connectivity index (χ1) is 7.26. The van der Waals surface area contributed by atoms with Gasteiger partial charge in [-0.05, 0) is 27.7 Å². The van der Waals surface area contributed by atoms with Crippen molar-refractivity contribution in [3.8, 4) is 0 Å². The summed E-state index contributed by atoms with van der Waals surface area (Å²) in [5.74, 6) is -0.328. The molecule has 0 radical (unpaired) electrons. The molecule has 3 N–H and O–H groups in total. The zero-order valence-corrected chi connectivity index (χ0v) is 10.2. The van der Waals surface area contributed by atoms with E-state index in [0.717, 1.165) is 0 Å². The molecule has 6 heteroatoms. The maximum Gasteiger partial charge on any atom is 0.408 e. The van der Waals surface area contributed by atoms with Crippen LogP contribution < -0.4 is 10.6 Å². The molecule has 0 unspecified atom stereocenters. The van der Waals surface area contributed by atoms with Crippen molar-refractivity contribution in [2.75, 3.05) is 13.3 Å². The molecule has 0 aliphatic rings. The lowest BCUT2D eigenvalue weighted by Crippen LogP contribution is -2.44. The van der Waals surface area contributed by atoms with E-state index < -0.39 is 24.3 Å². The summed E-state index contributed by atoms with van der Waals surface area (Å²) in [5, 5.41) is 13.7. The smallest absolute Gasteiger partial charge is 0.408 e. The molecule has 6 nitrogen and oxygen atoms in total. The number of carbonyl (C=O) groups is 2. The number of aliphatic hydroxyl groups excluding tert-OH is 1. The highest BCUT2D eigenvalue weighted by atomic mass is 16.6. The molecule has 0 saturated heterocycles. The fraction of sp³-hybridized carbons (Fsp3) is 0.800. The Morgan fingerprint density at radius 1 is 1.38 bits per heavy atom. The molecular weight excluding hydrogens is 212 g/mol. The van der Waals surface area contributed by atoms with Gasteiger partial charge < -0.3 is 15.2 Å². The Morgan fingerprint density at radius 3 is 2.38 bits per heavy atom. The lowest BCUT2D eigenvalue weighted by molar-refractivity contribution is -0.123. The maximum absolute atomic E-state index is 11.2. The minimum atomic E-state index is -0.552. The van der Waals surface area contributed by atoms with Crippen LogP contribution in [-0.2, 0) is 9.53 Å². The van der Waals surface area contributed by atoms with Crippen LogP contribution in [0.3, 0.4) is 0 Å². The third-order valence-electron chi connectivity index (χ3n) is 1.68. The van der Waals surface area contributed by atoms with Gasteiger partial charge in [-0.1, -0.05) is 0 Å². The second kappa shape index (κ2) is 6.44. The highest BCUT2D eigenvalue weighted by molar-refractivity contribution is 5.84. The Hall–Kier alpha value is -1.14. The fourth-order valence-corrected chi connectivity index (χ4v) is 0.841. The highest BCUT2D eigenvalue weighted by Gasteiger charge is 2.16. The monoisotopic (exact) mass is 232 g/mol. The molecule has 0 heterocycles. The Kier molecular flexibility index (Phi) is 5.98. The topological polar surface area (TPSA) is 87.7 Å². The number of amides is 1. The Labute approximate surface area is 95.4 Å². The number of alkyl carbamates (subject to hydrolysis) is 1. The van der Waals surface area contributed by atoms with E-state index in [2.05, 4.69) is 10.6 Å². The number of hydrogen-bond donors (Lipinski definition) is 3. The number of nitrogens with one attached hydrogen (secondary N) is 2. The van der Waals surface area contributed by atoms with E-state index in [4.69, 9.17) is 9.84 Å². The largest absolute Gasteiger partial charge is 0.444 e. The Bertz CT molecular complexity index is 248. The number of aliphatic hydroxyl groups is 1. The Morgan fingerprint density at radius 2 is 1.94 bits per heavy atom. The minimum Gasteiger partial charge on any atom is -0.444 e. The van der Waals surface area contributed by atoms with Crippen molar-refractivity contribution in [3.63, 3.8) is 0 Å². The number of ether oxygens (including phenoxy) is 1. The molecule has 16 heavy (non-hydrogen) atoms. The van der Waals surface area contributed by atoms with Gasteiger partial charge in [0.1, 0.15) is 12.2 Å². The minimum absolute atomic E-state index is 0.113. The van der Waals surface area contributed by atoms with Crippen molar-refractivity contribution >= 4 is 11.9 Å². The SMILES string of the molecule is C[C@H](NCNC(=O)OC(C)(C)C)C(=O)CO. The number of hydrogen-bond acceptors (Lipinski definition) is 5. The van der Waals surface area contributed by atoms with Crippen LogP contribution in [0.2, 0.25) is 0 Å². The summed E-state index contributed by atoms with van der Waals surface area (Å²) in [7, 11) is 0. The molecule has 0 bridgehead atoms. The van der Waals surface area contributed by atoms with E-state index in [0.29, 0.717) is 0 Å². The Balaban J connectivity index is 3.74. The van der Waals surface area contributed by atoms with Gasteiger partial charge in [0.05, 0.1) is 12.7 Å². The van der Waals surface area contributed by atoms with E-state index in [1.807, 2.05) is 0 Å². The van der Waals surface area contributed by atoms with Crippen molar-refractivity contribution < 1.29 is 19.4 Å². The lowest BCUT2D eigenvalue weighted by atomic mass is 10.2. The molecule has 0 aromatic rings. The van der Waals surface area contributed by atoms with Crippen LogP contribution in [0.1, 0.15) is 27.7 Å². The quantitative estimate of drug-likeness (QED) is 0.581. The standard InChI is InChI=1S/C10H20N2O4/c1-7(8(14)5-13)11-6-12-9(15)16-10(2,3)4/h7,11,13H,5-6H2,1-4H3,(H,12,15)/t7-/m0/s1. The third-order valence-corrected chi connectivity index (χ3v) is 1.68. The number of ketones is 1. The average molecular weight is 232 g/mol. The van der Waals surface area contributed by atoms with Crippen molar-refractivity contribution in [2.24, 2.45) is 0 Å². The van der Waals surface area contributed by atoms with Gasteiger partial charge in [-0.25, -0.2) is 4.79 Å². The van der Waals surface area contributed by atoms with E-state index >= 15 is 0 Å². The van der Waals surface area contributed by atoms with Crippen LogP contribution >= 0.6 is 0 Å².